The summed E-state index contributed by atoms with van der Waals surface area (Å²) in [5.74, 6) is 2.33. The minimum atomic E-state index is -0.254. The third-order valence-corrected chi connectivity index (χ3v) is 5.42. The minimum absolute atomic E-state index is 0.209. The minimum Gasteiger partial charge on any atom is -0.490 e. The maximum absolute atomic E-state index is 12.2. The molecule has 4 rings (SSSR count). The molecule has 1 aliphatic rings. The number of hydrogen-bond acceptors (Lipinski definition) is 6. The second-order valence-corrected chi connectivity index (χ2v) is 7.92. The van der Waals surface area contributed by atoms with Crippen molar-refractivity contribution in [3.63, 3.8) is 0 Å². The molecule has 2 unspecified atom stereocenters. The zero-order chi connectivity index (χ0) is 22.5. The van der Waals surface area contributed by atoms with E-state index in [1.165, 1.54) is 0 Å². The summed E-state index contributed by atoms with van der Waals surface area (Å²) in [6, 6.07) is 12.9. The normalized spacial score (nSPS) is 15.8. The number of esters is 1. The van der Waals surface area contributed by atoms with Crippen LogP contribution >= 0.6 is 11.6 Å². The maximum atomic E-state index is 12.2. The first-order valence-electron chi connectivity index (χ1n) is 10.5. The van der Waals surface area contributed by atoms with Crippen molar-refractivity contribution in [1.82, 2.24) is 9.55 Å². The van der Waals surface area contributed by atoms with Crippen LogP contribution < -0.4 is 14.2 Å². The standard InChI is InChI=1S/C24H25ClN2O5/c1-3-29-23(28)13-20(24-26-10-11-27(24)2)16-4-7-18(8-5-16)30-14-19-15-31-21-9-6-17(25)12-22(21)32-19/h4-12,19-20H,3,13-15H2,1-2H3. The highest BCUT2D eigenvalue weighted by molar-refractivity contribution is 6.30. The number of benzene rings is 2. The number of hydrogen-bond donors (Lipinski definition) is 0. The number of carbonyl (C=O) groups excluding carboxylic acids is 1. The second kappa shape index (κ2) is 9.96. The van der Waals surface area contributed by atoms with Crippen LogP contribution in [-0.4, -0.2) is 41.4 Å². The Morgan fingerprint density at radius 2 is 2.06 bits per heavy atom. The summed E-state index contributed by atoms with van der Waals surface area (Å²) >= 11 is 6.03. The molecule has 0 fully saturated rings. The molecule has 8 heteroatoms. The molecule has 7 nitrogen and oxygen atoms in total. The lowest BCUT2D eigenvalue weighted by Gasteiger charge is -2.26. The van der Waals surface area contributed by atoms with Crippen LogP contribution in [0.4, 0.5) is 0 Å². The zero-order valence-electron chi connectivity index (χ0n) is 18.0. The van der Waals surface area contributed by atoms with E-state index < -0.39 is 0 Å². The lowest BCUT2D eigenvalue weighted by Crippen LogP contribution is -2.34. The van der Waals surface area contributed by atoms with Crippen LogP contribution in [0, 0.1) is 0 Å². The lowest BCUT2D eigenvalue weighted by molar-refractivity contribution is -0.143. The highest BCUT2D eigenvalue weighted by atomic mass is 35.5. The smallest absolute Gasteiger partial charge is 0.306 e. The van der Waals surface area contributed by atoms with E-state index in [1.807, 2.05) is 42.1 Å². The third-order valence-electron chi connectivity index (χ3n) is 5.19. The van der Waals surface area contributed by atoms with E-state index in [9.17, 15) is 4.79 Å². The first kappa shape index (κ1) is 22.0. The quantitative estimate of drug-likeness (QED) is 0.468. The molecule has 3 aromatic rings. The molecule has 0 bridgehead atoms. The Hall–Kier alpha value is -3.19. The number of aromatic nitrogens is 2. The monoisotopic (exact) mass is 456 g/mol. The van der Waals surface area contributed by atoms with Crippen molar-refractivity contribution in [3.05, 3.63) is 71.3 Å². The van der Waals surface area contributed by atoms with Gasteiger partial charge in [0.25, 0.3) is 0 Å². The summed E-state index contributed by atoms with van der Waals surface area (Å²) in [7, 11) is 1.91. The number of imidazole rings is 1. The van der Waals surface area contributed by atoms with Gasteiger partial charge in [-0.15, -0.1) is 0 Å². The lowest BCUT2D eigenvalue weighted by atomic mass is 9.94. The van der Waals surface area contributed by atoms with Gasteiger partial charge in [-0.1, -0.05) is 23.7 Å². The summed E-state index contributed by atoms with van der Waals surface area (Å²) in [5.41, 5.74) is 0.959. The van der Waals surface area contributed by atoms with Gasteiger partial charge in [-0.25, -0.2) is 4.98 Å². The number of carbonyl (C=O) groups is 1. The number of nitrogens with zero attached hydrogens (tertiary/aromatic N) is 2. The number of rotatable bonds is 8. The molecule has 0 aliphatic carbocycles. The third kappa shape index (κ3) is 5.16. The molecule has 0 N–H and O–H groups in total. The fraction of sp³-hybridized carbons (Fsp3) is 0.333. The van der Waals surface area contributed by atoms with Crippen molar-refractivity contribution in [2.75, 3.05) is 19.8 Å². The van der Waals surface area contributed by atoms with Crippen LogP contribution in [0.3, 0.4) is 0 Å². The zero-order valence-corrected chi connectivity index (χ0v) is 18.7. The second-order valence-electron chi connectivity index (χ2n) is 7.48. The average Bonchev–Trinajstić information content (AvgIpc) is 3.22. The van der Waals surface area contributed by atoms with Gasteiger partial charge < -0.3 is 23.5 Å². The van der Waals surface area contributed by atoms with E-state index in [1.54, 1.807) is 31.3 Å². The summed E-state index contributed by atoms with van der Waals surface area (Å²) in [5, 5.41) is 0.592. The van der Waals surface area contributed by atoms with E-state index in [-0.39, 0.29) is 24.4 Å². The number of halogens is 1. The van der Waals surface area contributed by atoms with Crippen LogP contribution in [0.1, 0.15) is 30.7 Å². The van der Waals surface area contributed by atoms with Gasteiger partial charge in [-0.3, -0.25) is 4.79 Å². The van der Waals surface area contributed by atoms with Crippen LogP contribution in [-0.2, 0) is 16.6 Å². The predicted octanol–water partition coefficient (Wildman–Crippen LogP) is 4.38. The Bertz CT molecular complexity index is 1070. The molecule has 0 saturated carbocycles. The van der Waals surface area contributed by atoms with Crippen LogP contribution in [0.15, 0.2) is 54.9 Å². The van der Waals surface area contributed by atoms with Gasteiger partial charge in [-0.2, -0.15) is 0 Å². The Kier molecular flexibility index (Phi) is 6.85. The maximum Gasteiger partial charge on any atom is 0.306 e. The van der Waals surface area contributed by atoms with E-state index in [4.69, 9.17) is 30.5 Å². The first-order chi connectivity index (χ1) is 15.5. The highest BCUT2D eigenvalue weighted by Gasteiger charge is 2.24. The number of aryl methyl sites for hydroxylation is 1. The van der Waals surface area contributed by atoms with Gasteiger partial charge >= 0.3 is 5.97 Å². The molecule has 1 aliphatic heterocycles. The molecule has 0 spiro atoms. The van der Waals surface area contributed by atoms with Crippen molar-refractivity contribution >= 4 is 17.6 Å². The Labute approximate surface area is 191 Å². The predicted molar refractivity (Wildman–Crippen MR) is 120 cm³/mol. The number of fused-ring (bicyclic) bond motifs is 1. The van der Waals surface area contributed by atoms with E-state index >= 15 is 0 Å². The van der Waals surface area contributed by atoms with Crippen molar-refractivity contribution in [2.45, 2.75) is 25.4 Å². The molecule has 2 atom stereocenters. The van der Waals surface area contributed by atoms with Crippen LogP contribution in [0.5, 0.6) is 17.2 Å². The largest absolute Gasteiger partial charge is 0.490 e. The van der Waals surface area contributed by atoms with Gasteiger partial charge in [0.05, 0.1) is 18.9 Å². The van der Waals surface area contributed by atoms with E-state index in [0.717, 1.165) is 11.4 Å². The van der Waals surface area contributed by atoms with Crippen LogP contribution in [0.25, 0.3) is 0 Å². The molecule has 0 radical (unpaired) electrons. The molecule has 0 amide bonds. The number of ether oxygens (including phenoxy) is 4. The van der Waals surface area contributed by atoms with Crippen LogP contribution in [0.2, 0.25) is 5.02 Å². The van der Waals surface area contributed by atoms with Crippen molar-refractivity contribution in [2.24, 2.45) is 7.05 Å². The van der Waals surface area contributed by atoms with Gasteiger partial charge in [0.15, 0.2) is 17.6 Å². The molecule has 168 valence electrons. The van der Waals surface area contributed by atoms with E-state index in [2.05, 4.69) is 4.98 Å². The molecular formula is C24H25ClN2O5. The molecule has 32 heavy (non-hydrogen) atoms. The van der Waals surface area contributed by atoms with Gasteiger partial charge in [-0.05, 0) is 36.8 Å². The molecule has 2 aromatic carbocycles. The molecule has 0 saturated heterocycles. The van der Waals surface area contributed by atoms with Gasteiger partial charge in [0.1, 0.15) is 24.8 Å². The molecule has 2 heterocycles. The SMILES string of the molecule is CCOC(=O)CC(c1ccc(OCC2COc3ccc(Cl)cc3O2)cc1)c1nccn1C. The topological polar surface area (TPSA) is 71.8 Å². The highest BCUT2D eigenvalue weighted by Crippen LogP contribution is 2.34. The summed E-state index contributed by atoms with van der Waals surface area (Å²) in [6.07, 6.45) is 3.56. The molecule has 1 aromatic heterocycles. The van der Waals surface area contributed by atoms with Gasteiger partial charge in [0, 0.05) is 30.5 Å². The van der Waals surface area contributed by atoms with E-state index in [0.29, 0.717) is 42.1 Å². The fourth-order valence-corrected chi connectivity index (χ4v) is 3.78. The Morgan fingerprint density at radius 3 is 2.78 bits per heavy atom. The summed E-state index contributed by atoms with van der Waals surface area (Å²) in [4.78, 5) is 16.6. The van der Waals surface area contributed by atoms with Crippen molar-refractivity contribution in [3.8, 4) is 17.2 Å². The fourth-order valence-electron chi connectivity index (χ4n) is 3.61. The molecular weight excluding hydrogens is 432 g/mol. The Morgan fingerprint density at radius 1 is 1.25 bits per heavy atom. The average molecular weight is 457 g/mol. The van der Waals surface area contributed by atoms with Gasteiger partial charge in [0.2, 0.25) is 0 Å². The van der Waals surface area contributed by atoms with Crippen molar-refractivity contribution in [1.29, 1.82) is 0 Å². The summed E-state index contributed by atoms with van der Waals surface area (Å²) in [6.45, 7) is 2.88. The summed E-state index contributed by atoms with van der Waals surface area (Å²) < 4.78 is 24.6. The van der Waals surface area contributed by atoms with Crippen molar-refractivity contribution < 1.29 is 23.7 Å². The Balaban J connectivity index is 1.41. The first-order valence-corrected chi connectivity index (χ1v) is 10.9.